The maximum Gasteiger partial charge on any atom is 0.154 e. The Kier molecular flexibility index (Phi) is 4.71. The summed E-state index contributed by atoms with van der Waals surface area (Å²) in [7, 11) is -3.10. The number of sulfone groups is 1. The van der Waals surface area contributed by atoms with Gasteiger partial charge in [0, 0.05) is 11.8 Å². The van der Waals surface area contributed by atoms with E-state index in [0.29, 0.717) is 6.42 Å². The Hall–Kier alpha value is -0.870. The van der Waals surface area contributed by atoms with Crippen molar-refractivity contribution in [1.29, 1.82) is 0 Å². The number of hydrogen-bond acceptors (Lipinski definition) is 3. The molecule has 0 aliphatic rings. The Morgan fingerprint density at radius 1 is 1.29 bits per heavy atom. The summed E-state index contributed by atoms with van der Waals surface area (Å²) in [5.74, 6) is 0.144. The molecule has 4 heteroatoms. The molecule has 17 heavy (non-hydrogen) atoms. The van der Waals surface area contributed by atoms with Crippen LogP contribution in [-0.2, 0) is 9.84 Å². The number of rotatable bonds is 5. The monoisotopic (exact) mass is 255 g/mol. The van der Waals surface area contributed by atoms with E-state index in [0.717, 1.165) is 11.1 Å². The SMILES string of the molecule is CC[C@H]([C@@H](N)c1cccc(C)c1)S(=O)(=O)CC. The minimum atomic E-state index is -3.10. The van der Waals surface area contributed by atoms with Crippen molar-refractivity contribution in [3.8, 4) is 0 Å². The molecule has 0 spiro atoms. The first-order chi connectivity index (χ1) is 7.92. The third-order valence-electron chi connectivity index (χ3n) is 3.09. The van der Waals surface area contributed by atoms with Crippen LogP contribution in [0.2, 0.25) is 0 Å². The van der Waals surface area contributed by atoms with Gasteiger partial charge in [-0.15, -0.1) is 0 Å². The van der Waals surface area contributed by atoms with E-state index in [9.17, 15) is 8.42 Å². The zero-order valence-corrected chi connectivity index (χ0v) is 11.5. The molecule has 0 radical (unpaired) electrons. The highest BCUT2D eigenvalue weighted by Crippen LogP contribution is 2.23. The van der Waals surface area contributed by atoms with Crippen LogP contribution in [0.5, 0.6) is 0 Å². The summed E-state index contributed by atoms with van der Waals surface area (Å²) in [4.78, 5) is 0. The van der Waals surface area contributed by atoms with Gasteiger partial charge in [-0.3, -0.25) is 0 Å². The van der Waals surface area contributed by atoms with Crippen LogP contribution in [0.4, 0.5) is 0 Å². The highest BCUT2D eigenvalue weighted by Gasteiger charge is 2.29. The molecule has 0 saturated carbocycles. The normalized spacial score (nSPS) is 15.5. The lowest BCUT2D eigenvalue weighted by Gasteiger charge is -2.22. The summed E-state index contributed by atoms with van der Waals surface area (Å²) >= 11 is 0. The van der Waals surface area contributed by atoms with Crippen LogP contribution in [0, 0.1) is 6.92 Å². The topological polar surface area (TPSA) is 60.2 Å². The molecule has 0 aliphatic carbocycles. The highest BCUT2D eigenvalue weighted by atomic mass is 32.2. The molecule has 96 valence electrons. The van der Waals surface area contributed by atoms with Gasteiger partial charge in [-0.1, -0.05) is 43.7 Å². The largest absolute Gasteiger partial charge is 0.323 e. The van der Waals surface area contributed by atoms with Crippen molar-refractivity contribution >= 4 is 9.84 Å². The molecule has 1 rings (SSSR count). The Morgan fingerprint density at radius 3 is 2.41 bits per heavy atom. The van der Waals surface area contributed by atoms with Crippen molar-refractivity contribution in [2.24, 2.45) is 5.73 Å². The van der Waals surface area contributed by atoms with E-state index in [-0.39, 0.29) is 5.75 Å². The van der Waals surface area contributed by atoms with Crippen LogP contribution in [-0.4, -0.2) is 19.4 Å². The van der Waals surface area contributed by atoms with Gasteiger partial charge >= 0.3 is 0 Å². The lowest BCUT2D eigenvalue weighted by molar-refractivity contribution is 0.549. The number of nitrogens with two attached hydrogens (primary N) is 1. The minimum Gasteiger partial charge on any atom is -0.323 e. The Bertz CT molecular complexity index is 468. The van der Waals surface area contributed by atoms with E-state index in [1.807, 2.05) is 38.1 Å². The molecule has 3 nitrogen and oxygen atoms in total. The lowest BCUT2D eigenvalue weighted by Crippen LogP contribution is -2.34. The molecule has 0 unspecified atom stereocenters. The quantitative estimate of drug-likeness (QED) is 0.877. The second kappa shape index (κ2) is 5.65. The predicted octanol–water partition coefficient (Wildman–Crippen LogP) is 2.21. The number of aryl methyl sites for hydroxylation is 1. The predicted molar refractivity (Wildman–Crippen MR) is 71.6 cm³/mol. The molecule has 0 bridgehead atoms. The molecule has 0 aliphatic heterocycles. The molecule has 0 saturated heterocycles. The van der Waals surface area contributed by atoms with E-state index in [1.165, 1.54) is 0 Å². The molecular weight excluding hydrogens is 234 g/mol. The molecule has 1 aromatic carbocycles. The number of hydrogen-bond donors (Lipinski definition) is 1. The molecule has 2 N–H and O–H groups in total. The van der Waals surface area contributed by atoms with Crippen molar-refractivity contribution in [3.63, 3.8) is 0 Å². The average Bonchev–Trinajstić information content (AvgIpc) is 2.29. The Balaban J connectivity index is 3.06. The molecular formula is C13H21NO2S. The van der Waals surface area contributed by atoms with Crippen LogP contribution in [0.15, 0.2) is 24.3 Å². The summed E-state index contributed by atoms with van der Waals surface area (Å²) in [6, 6.07) is 7.30. The zero-order valence-electron chi connectivity index (χ0n) is 10.7. The van der Waals surface area contributed by atoms with Gasteiger partial charge in [-0.05, 0) is 18.9 Å². The third-order valence-corrected chi connectivity index (χ3v) is 5.45. The standard InChI is InChI=1S/C13H21NO2S/c1-4-12(17(15,16)5-2)13(14)11-8-6-7-10(3)9-11/h6-9,12-13H,4-5,14H2,1-3H3/t12-,13+/m1/s1. The Morgan fingerprint density at radius 2 is 1.94 bits per heavy atom. The Labute approximate surface area is 104 Å². The highest BCUT2D eigenvalue weighted by molar-refractivity contribution is 7.92. The number of benzene rings is 1. The van der Waals surface area contributed by atoms with Gasteiger partial charge in [-0.2, -0.15) is 0 Å². The summed E-state index contributed by atoms with van der Waals surface area (Å²) < 4.78 is 23.9. The summed E-state index contributed by atoms with van der Waals surface area (Å²) in [5, 5.41) is -0.491. The van der Waals surface area contributed by atoms with Crippen LogP contribution < -0.4 is 5.73 Å². The van der Waals surface area contributed by atoms with Crippen LogP contribution in [0.25, 0.3) is 0 Å². The van der Waals surface area contributed by atoms with Gasteiger partial charge in [0.2, 0.25) is 0 Å². The van der Waals surface area contributed by atoms with E-state index in [2.05, 4.69) is 0 Å². The van der Waals surface area contributed by atoms with Crippen LogP contribution in [0.1, 0.15) is 37.4 Å². The zero-order chi connectivity index (χ0) is 13.1. The van der Waals surface area contributed by atoms with E-state index < -0.39 is 21.1 Å². The van der Waals surface area contributed by atoms with Crippen molar-refractivity contribution in [2.45, 2.75) is 38.5 Å². The van der Waals surface area contributed by atoms with Crippen LogP contribution in [0.3, 0.4) is 0 Å². The first-order valence-corrected chi connectivity index (χ1v) is 7.67. The van der Waals surface area contributed by atoms with E-state index in [1.54, 1.807) is 6.92 Å². The van der Waals surface area contributed by atoms with Crippen molar-refractivity contribution in [2.75, 3.05) is 5.75 Å². The fourth-order valence-corrected chi connectivity index (χ4v) is 3.58. The summed E-state index contributed by atoms with van der Waals surface area (Å²) in [6.07, 6.45) is 0.547. The second-order valence-electron chi connectivity index (χ2n) is 4.34. The first-order valence-electron chi connectivity index (χ1n) is 5.96. The lowest BCUT2D eigenvalue weighted by atomic mass is 10.0. The molecule has 1 aromatic rings. The smallest absolute Gasteiger partial charge is 0.154 e. The maximum atomic E-state index is 12.0. The second-order valence-corrected chi connectivity index (χ2v) is 6.85. The third kappa shape index (κ3) is 3.30. The van der Waals surface area contributed by atoms with Gasteiger partial charge in [0.1, 0.15) is 0 Å². The van der Waals surface area contributed by atoms with Crippen LogP contribution >= 0.6 is 0 Å². The van der Waals surface area contributed by atoms with Gasteiger partial charge in [0.05, 0.1) is 5.25 Å². The molecule has 0 fully saturated rings. The van der Waals surface area contributed by atoms with Crippen molar-refractivity contribution in [3.05, 3.63) is 35.4 Å². The average molecular weight is 255 g/mol. The minimum absolute atomic E-state index is 0.144. The van der Waals surface area contributed by atoms with Gasteiger partial charge in [-0.25, -0.2) is 8.42 Å². The molecule has 0 amide bonds. The molecule has 0 aromatic heterocycles. The van der Waals surface area contributed by atoms with Gasteiger partial charge in [0.25, 0.3) is 0 Å². The summed E-state index contributed by atoms with van der Waals surface area (Å²) in [6.45, 7) is 5.51. The fourth-order valence-electron chi connectivity index (χ4n) is 2.04. The van der Waals surface area contributed by atoms with Gasteiger partial charge in [0.15, 0.2) is 9.84 Å². The van der Waals surface area contributed by atoms with Gasteiger partial charge < -0.3 is 5.73 Å². The molecule has 2 atom stereocenters. The van der Waals surface area contributed by atoms with E-state index >= 15 is 0 Å². The summed E-state index contributed by atoms with van der Waals surface area (Å²) in [5.41, 5.74) is 8.10. The van der Waals surface area contributed by atoms with E-state index in [4.69, 9.17) is 5.73 Å². The first kappa shape index (κ1) is 14.2. The molecule has 0 heterocycles. The van der Waals surface area contributed by atoms with Crippen molar-refractivity contribution < 1.29 is 8.42 Å². The fraction of sp³-hybridized carbons (Fsp3) is 0.538. The van der Waals surface area contributed by atoms with Crippen molar-refractivity contribution in [1.82, 2.24) is 0 Å². The maximum absolute atomic E-state index is 12.0.